The van der Waals surface area contributed by atoms with E-state index >= 15 is 0 Å². The maximum Gasteiger partial charge on any atom is 0.0878 e. The van der Waals surface area contributed by atoms with Gasteiger partial charge in [0, 0.05) is 5.75 Å². The molecule has 0 saturated carbocycles. The van der Waals surface area contributed by atoms with Crippen LogP contribution in [0.25, 0.3) is 0 Å². The third-order valence-electron chi connectivity index (χ3n) is 2.78. The molecule has 0 atom stereocenters. The summed E-state index contributed by atoms with van der Waals surface area (Å²) in [4.78, 5) is 0. The summed E-state index contributed by atoms with van der Waals surface area (Å²) in [6.45, 7) is 12.1. The third kappa shape index (κ3) is 3.48. The van der Waals surface area contributed by atoms with Crippen molar-refractivity contribution >= 4 is 11.8 Å². The van der Waals surface area contributed by atoms with E-state index < -0.39 is 0 Å². The summed E-state index contributed by atoms with van der Waals surface area (Å²) in [5, 5.41) is 0. The Morgan fingerprint density at radius 2 is 1.45 bits per heavy atom. The van der Waals surface area contributed by atoms with Crippen molar-refractivity contribution in [3.8, 4) is 0 Å². The van der Waals surface area contributed by atoms with Gasteiger partial charge in [-0.3, -0.25) is 0 Å². The number of quaternary nitrogens is 1. The highest BCUT2D eigenvalue weighted by atomic mass is 32.2. The minimum Gasteiger partial charge on any atom is -0.324 e. The average molecular weight is 176 g/mol. The Bertz CT molecular complexity index is 81.3. The number of hydrogen-bond donors (Lipinski definition) is 0. The van der Waals surface area contributed by atoms with Gasteiger partial charge in [0.2, 0.25) is 0 Å². The van der Waals surface area contributed by atoms with Crippen molar-refractivity contribution < 1.29 is 4.48 Å². The monoisotopic (exact) mass is 176 g/mol. The van der Waals surface area contributed by atoms with E-state index in [-0.39, 0.29) is 0 Å². The Labute approximate surface area is 75.8 Å². The molecule has 0 heterocycles. The summed E-state index contributed by atoms with van der Waals surface area (Å²) in [7, 11) is 0. The quantitative estimate of drug-likeness (QED) is 0.559. The molecule has 0 unspecified atom stereocenters. The molecule has 11 heavy (non-hydrogen) atoms. The summed E-state index contributed by atoms with van der Waals surface area (Å²) in [6.07, 6.45) is 2.19. The Morgan fingerprint density at radius 1 is 1.00 bits per heavy atom. The smallest absolute Gasteiger partial charge is 0.0878 e. The zero-order chi connectivity index (χ0) is 8.74. The first-order chi connectivity index (χ1) is 5.24. The molecule has 0 bridgehead atoms. The zero-order valence-corrected chi connectivity index (χ0v) is 9.21. The van der Waals surface area contributed by atoms with E-state index in [1.165, 1.54) is 36.4 Å². The molecule has 0 aromatic heterocycles. The fourth-order valence-electron chi connectivity index (χ4n) is 1.43. The predicted molar refractivity (Wildman–Crippen MR) is 55.1 cm³/mol. The molecule has 0 aromatic carbocycles. The molecule has 0 N–H and O–H groups in total. The van der Waals surface area contributed by atoms with Gasteiger partial charge in [0.15, 0.2) is 0 Å². The predicted octanol–water partition coefficient (Wildman–Crippen LogP) is 2.23. The maximum atomic E-state index is 2.30. The molecule has 0 radical (unpaired) electrons. The van der Waals surface area contributed by atoms with E-state index in [1.54, 1.807) is 0 Å². The maximum absolute atomic E-state index is 2.30. The minimum atomic E-state index is 1.29. The molecular formula is C9H22NS+. The van der Waals surface area contributed by atoms with Crippen LogP contribution in [0, 0.1) is 0 Å². The highest BCUT2D eigenvalue weighted by molar-refractivity contribution is 7.98. The molecule has 0 aromatic rings. The fourth-order valence-corrected chi connectivity index (χ4v) is 2.00. The van der Waals surface area contributed by atoms with Gasteiger partial charge in [-0.1, -0.05) is 0 Å². The van der Waals surface area contributed by atoms with Crippen LogP contribution in [0.2, 0.25) is 0 Å². The Morgan fingerprint density at radius 3 is 1.73 bits per heavy atom. The zero-order valence-electron chi connectivity index (χ0n) is 8.39. The van der Waals surface area contributed by atoms with E-state index in [9.17, 15) is 0 Å². The highest BCUT2D eigenvalue weighted by Gasteiger charge is 2.18. The van der Waals surface area contributed by atoms with E-state index in [0.29, 0.717) is 0 Å². The third-order valence-corrected chi connectivity index (χ3v) is 3.37. The molecule has 0 aliphatic heterocycles. The molecular weight excluding hydrogens is 154 g/mol. The average Bonchev–Trinajstić information content (AvgIpc) is 2.08. The summed E-state index contributed by atoms with van der Waals surface area (Å²) < 4.78 is 1.29. The second-order valence-corrected chi connectivity index (χ2v) is 3.99. The first-order valence-corrected chi connectivity index (χ1v) is 5.98. The van der Waals surface area contributed by atoms with Crippen molar-refractivity contribution in [3.05, 3.63) is 0 Å². The van der Waals surface area contributed by atoms with Gasteiger partial charge in [-0.25, -0.2) is 0 Å². The normalized spacial score (nSPS) is 12.0. The standard InChI is InChI=1S/C9H22NS/c1-5-10(6-2,7-3)8-9-11-4/h5-9H2,1-4H3/q+1. The molecule has 0 saturated heterocycles. The SMILES string of the molecule is CC[N+](CC)(CC)CCSC. The minimum absolute atomic E-state index is 1.29. The molecule has 0 spiro atoms. The van der Waals surface area contributed by atoms with Crippen LogP contribution in [0.1, 0.15) is 20.8 Å². The Hall–Kier alpha value is 0.310. The second-order valence-electron chi connectivity index (χ2n) is 3.01. The lowest BCUT2D eigenvalue weighted by Crippen LogP contribution is -2.48. The topological polar surface area (TPSA) is 0 Å². The number of thioether (sulfide) groups is 1. The van der Waals surface area contributed by atoms with Gasteiger partial charge in [0.05, 0.1) is 26.2 Å². The highest BCUT2D eigenvalue weighted by Crippen LogP contribution is 2.07. The molecule has 1 nitrogen and oxygen atoms in total. The largest absolute Gasteiger partial charge is 0.324 e. The van der Waals surface area contributed by atoms with Crippen molar-refractivity contribution in [1.82, 2.24) is 0 Å². The molecule has 0 aliphatic carbocycles. The lowest BCUT2D eigenvalue weighted by atomic mass is 10.3. The van der Waals surface area contributed by atoms with E-state index in [4.69, 9.17) is 0 Å². The van der Waals surface area contributed by atoms with Gasteiger partial charge in [0.25, 0.3) is 0 Å². The van der Waals surface area contributed by atoms with Crippen LogP contribution in [0.3, 0.4) is 0 Å². The molecule has 0 rings (SSSR count). The molecule has 2 heteroatoms. The molecule has 0 fully saturated rings. The van der Waals surface area contributed by atoms with Crippen molar-refractivity contribution in [2.24, 2.45) is 0 Å². The molecule has 0 aliphatic rings. The van der Waals surface area contributed by atoms with Crippen molar-refractivity contribution in [3.63, 3.8) is 0 Å². The Kier molecular flexibility index (Phi) is 6.06. The van der Waals surface area contributed by atoms with Crippen molar-refractivity contribution in [1.29, 1.82) is 0 Å². The van der Waals surface area contributed by atoms with Crippen LogP contribution >= 0.6 is 11.8 Å². The van der Waals surface area contributed by atoms with E-state index in [1.807, 2.05) is 11.8 Å². The van der Waals surface area contributed by atoms with Gasteiger partial charge < -0.3 is 4.48 Å². The van der Waals surface area contributed by atoms with Crippen LogP contribution in [0.5, 0.6) is 0 Å². The fraction of sp³-hybridized carbons (Fsp3) is 1.00. The van der Waals surface area contributed by atoms with Gasteiger partial charge in [-0.2, -0.15) is 11.8 Å². The summed E-state index contributed by atoms with van der Waals surface area (Å²) in [6, 6.07) is 0. The first-order valence-electron chi connectivity index (χ1n) is 4.58. The van der Waals surface area contributed by atoms with Gasteiger partial charge in [0.1, 0.15) is 0 Å². The van der Waals surface area contributed by atoms with E-state index in [0.717, 1.165) is 0 Å². The molecule has 68 valence electrons. The van der Waals surface area contributed by atoms with Crippen LogP contribution in [-0.2, 0) is 0 Å². The lowest BCUT2D eigenvalue weighted by molar-refractivity contribution is -0.920. The van der Waals surface area contributed by atoms with Crippen molar-refractivity contribution in [2.75, 3.05) is 38.2 Å². The van der Waals surface area contributed by atoms with Gasteiger partial charge in [-0.15, -0.1) is 0 Å². The summed E-state index contributed by atoms with van der Waals surface area (Å²) >= 11 is 1.96. The van der Waals surface area contributed by atoms with Gasteiger partial charge in [-0.05, 0) is 27.0 Å². The van der Waals surface area contributed by atoms with Crippen LogP contribution in [0.4, 0.5) is 0 Å². The Balaban J connectivity index is 3.84. The lowest BCUT2D eigenvalue weighted by Gasteiger charge is -2.35. The van der Waals surface area contributed by atoms with Crippen LogP contribution in [-0.4, -0.2) is 42.7 Å². The van der Waals surface area contributed by atoms with Crippen LogP contribution in [0.15, 0.2) is 0 Å². The number of rotatable bonds is 6. The molecule has 0 amide bonds. The first kappa shape index (κ1) is 11.3. The number of hydrogen-bond acceptors (Lipinski definition) is 1. The van der Waals surface area contributed by atoms with Crippen molar-refractivity contribution in [2.45, 2.75) is 20.8 Å². The van der Waals surface area contributed by atoms with Crippen LogP contribution < -0.4 is 0 Å². The summed E-state index contributed by atoms with van der Waals surface area (Å²) in [5.74, 6) is 1.30. The number of nitrogens with zero attached hydrogens (tertiary/aromatic N) is 1. The second kappa shape index (κ2) is 5.90. The van der Waals surface area contributed by atoms with E-state index in [2.05, 4.69) is 27.0 Å². The summed E-state index contributed by atoms with van der Waals surface area (Å²) in [5.41, 5.74) is 0. The van der Waals surface area contributed by atoms with Gasteiger partial charge >= 0.3 is 0 Å².